The van der Waals surface area contributed by atoms with E-state index in [1.807, 2.05) is 6.92 Å². The lowest BCUT2D eigenvalue weighted by atomic mass is 9.87. The SMILES string of the molecule is CCOP(=O)(COC)CC1CCC1. The van der Waals surface area contributed by atoms with Crippen molar-refractivity contribution in [2.75, 3.05) is 26.2 Å². The van der Waals surface area contributed by atoms with E-state index >= 15 is 0 Å². The minimum absolute atomic E-state index is 0.275. The summed E-state index contributed by atoms with van der Waals surface area (Å²) < 4.78 is 22.3. The van der Waals surface area contributed by atoms with Crippen LogP contribution in [-0.4, -0.2) is 26.2 Å². The van der Waals surface area contributed by atoms with Gasteiger partial charge in [0.25, 0.3) is 0 Å². The van der Waals surface area contributed by atoms with E-state index in [0.717, 1.165) is 0 Å². The molecule has 78 valence electrons. The van der Waals surface area contributed by atoms with Crippen molar-refractivity contribution in [3.63, 3.8) is 0 Å². The largest absolute Gasteiger partial charge is 0.375 e. The van der Waals surface area contributed by atoms with Gasteiger partial charge in [0, 0.05) is 13.3 Å². The highest BCUT2D eigenvalue weighted by atomic mass is 31.2. The van der Waals surface area contributed by atoms with Crippen LogP contribution in [-0.2, 0) is 13.8 Å². The first-order valence-corrected chi connectivity index (χ1v) is 6.91. The second-order valence-electron chi connectivity index (χ2n) is 3.63. The first-order chi connectivity index (χ1) is 6.20. The van der Waals surface area contributed by atoms with Gasteiger partial charge in [0.05, 0.1) is 6.61 Å². The predicted octanol–water partition coefficient (Wildman–Crippen LogP) is 2.71. The van der Waals surface area contributed by atoms with Gasteiger partial charge in [0.1, 0.15) is 6.35 Å². The summed E-state index contributed by atoms with van der Waals surface area (Å²) in [5.41, 5.74) is 0. The topological polar surface area (TPSA) is 35.5 Å². The molecule has 13 heavy (non-hydrogen) atoms. The molecule has 0 bridgehead atoms. The summed E-state index contributed by atoms with van der Waals surface area (Å²) in [6.07, 6.45) is 4.69. The van der Waals surface area contributed by atoms with E-state index in [1.54, 1.807) is 7.11 Å². The number of rotatable bonds is 6. The molecule has 3 nitrogen and oxygen atoms in total. The summed E-state index contributed by atoms with van der Waals surface area (Å²) in [5.74, 6) is 0.618. The van der Waals surface area contributed by atoms with Gasteiger partial charge < -0.3 is 9.26 Å². The molecule has 1 fully saturated rings. The van der Waals surface area contributed by atoms with Crippen LogP contribution >= 0.6 is 7.37 Å². The lowest BCUT2D eigenvalue weighted by Gasteiger charge is -2.29. The molecule has 0 aliphatic heterocycles. The number of methoxy groups -OCH3 is 1. The van der Waals surface area contributed by atoms with Crippen LogP contribution in [0.1, 0.15) is 26.2 Å². The van der Waals surface area contributed by atoms with Gasteiger partial charge in [-0.05, 0) is 25.7 Å². The first kappa shape index (κ1) is 11.2. The highest BCUT2D eigenvalue weighted by Gasteiger charge is 2.30. The van der Waals surface area contributed by atoms with Crippen molar-refractivity contribution < 1.29 is 13.8 Å². The molecular weight excluding hydrogens is 187 g/mol. The van der Waals surface area contributed by atoms with Gasteiger partial charge in [-0.15, -0.1) is 0 Å². The molecule has 1 unspecified atom stereocenters. The van der Waals surface area contributed by atoms with Crippen LogP contribution in [0.5, 0.6) is 0 Å². The zero-order chi connectivity index (χ0) is 9.73. The van der Waals surface area contributed by atoms with E-state index in [2.05, 4.69) is 0 Å². The van der Waals surface area contributed by atoms with E-state index < -0.39 is 7.37 Å². The fourth-order valence-electron chi connectivity index (χ4n) is 1.64. The fraction of sp³-hybridized carbons (Fsp3) is 1.00. The third-order valence-corrected chi connectivity index (χ3v) is 4.90. The summed E-state index contributed by atoms with van der Waals surface area (Å²) in [4.78, 5) is 0. The Morgan fingerprint density at radius 1 is 1.46 bits per heavy atom. The predicted molar refractivity (Wildman–Crippen MR) is 53.3 cm³/mol. The van der Waals surface area contributed by atoms with Gasteiger partial charge in [-0.25, -0.2) is 0 Å². The van der Waals surface area contributed by atoms with Crippen LogP contribution in [0, 0.1) is 5.92 Å². The first-order valence-electron chi connectivity index (χ1n) is 4.92. The van der Waals surface area contributed by atoms with E-state index in [-0.39, 0.29) is 6.35 Å². The Morgan fingerprint density at radius 3 is 2.54 bits per heavy atom. The molecule has 1 saturated carbocycles. The molecule has 1 rings (SSSR count). The molecule has 0 heterocycles. The van der Waals surface area contributed by atoms with Crippen molar-refractivity contribution in [1.82, 2.24) is 0 Å². The maximum atomic E-state index is 12.1. The quantitative estimate of drug-likeness (QED) is 0.627. The molecule has 0 N–H and O–H groups in total. The van der Waals surface area contributed by atoms with Crippen molar-refractivity contribution in [2.24, 2.45) is 5.92 Å². The smallest absolute Gasteiger partial charge is 0.228 e. The molecule has 0 saturated heterocycles. The standard InChI is InChI=1S/C9H19O3P/c1-3-12-13(10,8-11-2)7-9-5-4-6-9/h9H,3-8H2,1-2H3. The maximum Gasteiger partial charge on any atom is 0.228 e. The van der Waals surface area contributed by atoms with Crippen molar-refractivity contribution in [1.29, 1.82) is 0 Å². The number of hydrogen-bond acceptors (Lipinski definition) is 3. The fourth-order valence-corrected chi connectivity index (χ4v) is 3.94. The molecule has 0 aromatic carbocycles. The summed E-state index contributed by atoms with van der Waals surface area (Å²) in [5, 5.41) is 0. The van der Waals surface area contributed by atoms with Gasteiger partial charge in [-0.2, -0.15) is 0 Å². The average Bonchev–Trinajstić information content (AvgIpc) is 1.98. The minimum Gasteiger partial charge on any atom is -0.375 e. The Balaban J connectivity index is 2.39. The monoisotopic (exact) mass is 206 g/mol. The van der Waals surface area contributed by atoms with E-state index in [9.17, 15) is 4.57 Å². The molecule has 1 aliphatic rings. The second-order valence-corrected chi connectivity index (χ2v) is 6.14. The van der Waals surface area contributed by atoms with Crippen LogP contribution < -0.4 is 0 Å². The van der Waals surface area contributed by atoms with Crippen molar-refractivity contribution in [3.05, 3.63) is 0 Å². The molecule has 1 aliphatic carbocycles. The van der Waals surface area contributed by atoms with E-state index in [0.29, 0.717) is 18.7 Å². The summed E-state index contributed by atoms with van der Waals surface area (Å²) >= 11 is 0. The number of ether oxygens (including phenoxy) is 1. The van der Waals surface area contributed by atoms with Gasteiger partial charge in [-0.1, -0.05) is 6.42 Å². The number of hydrogen-bond donors (Lipinski definition) is 0. The Hall–Kier alpha value is 0.150. The Labute approximate surface area is 80.3 Å². The molecule has 0 aromatic heterocycles. The summed E-state index contributed by atoms with van der Waals surface area (Å²) in [6, 6.07) is 0. The van der Waals surface area contributed by atoms with Gasteiger partial charge >= 0.3 is 0 Å². The van der Waals surface area contributed by atoms with Crippen LogP contribution in [0.4, 0.5) is 0 Å². The highest BCUT2D eigenvalue weighted by Crippen LogP contribution is 2.51. The van der Waals surface area contributed by atoms with Crippen LogP contribution in [0.15, 0.2) is 0 Å². The normalized spacial score (nSPS) is 22.3. The lowest BCUT2D eigenvalue weighted by molar-refractivity contribution is 0.217. The van der Waals surface area contributed by atoms with Gasteiger partial charge in [-0.3, -0.25) is 4.57 Å². The summed E-state index contributed by atoms with van der Waals surface area (Å²) in [7, 11) is -0.887. The van der Waals surface area contributed by atoms with Crippen LogP contribution in [0.2, 0.25) is 0 Å². The zero-order valence-corrected chi connectivity index (χ0v) is 9.39. The Bertz CT molecular complexity index is 179. The van der Waals surface area contributed by atoms with Crippen molar-refractivity contribution in [2.45, 2.75) is 26.2 Å². The van der Waals surface area contributed by atoms with Crippen molar-refractivity contribution in [3.8, 4) is 0 Å². The highest BCUT2D eigenvalue weighted by molar-refractivity contribution is 7.58. The average molecular weight is 206 g/mol. The molecule has 0 radical (unpaired) electrons. The van der Waals surface area contributed by atoms with Crippen LogP contribution in [0.3, 0.4) is 0 Å². The molecule has 1 atom stereocenters. The Kier molecular flexibility index (Phi) is 4.43. The Morgan fingerprint density at radius 2 is 2.15 bits per heavy atom. The molecule has 0 amide bonds. The van der Waals surface area contributed by atoms with Crippen molar-refractivity contribution >= 4 is 7.37 Å². The minimum atomic E-state index is -2.46. The van der Waals surface area contributed by atoms with Crippen LogP contribution in [0.25, 0.3) is 0 Å². The molecular formula is C9H19O3P. The molecule has 0 aromatic rings. The lowest BCUT2D eigenvalue weighted by Crippen LogP contribution is -2.18. The zero-order valence-electron chi connectivity index (χ0n) is 8.49. The third kappa shape index (κ3) is 3.41. The third-order valence-electron chi connectivity index (χ3n) is 2.45. The second kappa shape index (κ2) is 5.14. The molecule has 4 heteroatoms. The maximum absolute atomic E-state index is 12.1. The van der Waals surface area contributed by atoms with Gasteiger partial charge in [0.15, 0.2) is 0 Å². The van der Waals surface area contributed by atoms with E-state index in [4.69, 9.17) is 9.26 Å². The van der Waals surface area contributed by atoms with Gasteiger partial charge in [0.2, 0.25) is 7.37 Å². The summed E-state index contributed by atoms with van der Waals surface area (Å²) in [6.45, 7) is 2.40. The van der Waals surface area contributed by atoms with E-state index in [1.165, 1.54) is 19.3 Å². The molecule has 0 spiro atoms.